The fraction of sp³-hybridized carbons (Fsp3) is 0.680. The van der Waals surface area contributed by atoms with Gasteiger partial charge in [0.25, 0.3) is 0 Å². The van der Waals surface area contributed by atoms with Gasteiger partial charge < -0.3 is 20.1 Å². The molecular formula is C25H38N2O4. The number of ether oxygens (including phenoxy) is 1. The Kier molecular flexibility index (Phi) is 9.66. The van der Waals surface area contributed by atoms with Crippen molar-refractivity contribution in [3.63, 3.8) is 0 Å². The molecule has 1 saturated carbocycles. The Morgan fingerprint density at radius 3 is 2.48 bits per heavy atom. The summed E-state index contributed by atoms with van der Waals surface area (Å²) in [7, 11) is 0. The highest BCUT2D eigenvalue weighted by Gasteiger charge is 2.23. The van der Waals surface area contributed by atoms with Gasteiger partial charge in [-0.05, 0) is 37.8 Å². The van der Waals surface area contributed by atoms with E-state index in [0.717, 1.165) is 29.8 Å². The number of anilines is 1. The number of carbonyl (C=O) groups excluding carboxylic acids is 2. The predicted molar refractivity (Wildman–Crippen MR) is 122 cm³/mol. The average molecular weight is 431 g/mol. The quantitative estimate of drug-likeness (QED) is 0.598. The Bertz CT molecular complexity index is 711. The third-order valence-corrected chi connectivity index (χ3v) is 6.48. The number of nitrogens with one attached hydrogen (secondary N) is 1. The molecule has 6 nitrogen and oxygen atoms in total. The van der Waals surface area contributed by atoms with Gasteiger partial charge >= 0.3 is 0 Å². The number of hydrogen-bond acceptors (Lipinski definition) is 4. The lowest BCUT2D eigenvalue weighted by molar-refractivity contribution is -0.134. The van der Waals surface area contributed by atoms with E-state index in [0.29, 0.717) is 38.8 Å². The monoisotopic (exact) mass is 430 g/mol. The van der Waals surface area contributed by atoms with Crippen LogP contribution in [0.1, 0.15) is 82.6 Å². The zero-order valence-corrected chi connectivity index (χ0v) is 18.7. The second kappa shape index (κ2) is 12.7. The molecule has 172 valence electrons. The number of hydrogen-bond donors (Lipinski definition) is 2. The largest absolute Gasteiger partial charge is 0.493 e. The van der Waals surface area contributed by atoms with Crippen LogP contribution in [0.4, 0.5) is 5.69 Å². The van der Waals surface area contributed by atoms with Crippen molar-refractivity contribution in [2.45, 2.75) is 89.5 Å². The van der Waals surface area contributed by atoms with E-state index in [1.807, 2.05) is 23.1 Å². The van der Waals surface area contributed by atoms with Gasteiger partial charge in [-0.2, -0.15) is 0 Å². The van der Waals surface area contributed by atoms with Crippen molar-refractivity contribution in [2.24, 2.45) is 0 Å². The molecule has 0 bridgehead atoms. The van der Waals surface area contributed by atoms with E-state index >= 15 is 0 Å². The van der Waals surface area contributed by atoms with Gasteiger partial charge in [0.05, 0.1) is 13.2 Å². The molecule has 0 radical (unpaired) electrons. The third kappa shape index (κ3) is 7.23. The second-order valence-corrected chi connectivity index (χ2v) is 8.80. The van der Waals surface area contributed by atoms with E-state index in [1.165, 1.54) is 44.9 Å². The summed E-state index contributed by atoms with van der Waals surface area (Å²) in [5.41, 5.74) is 1.87. The Labute approximate surface area is 186 Å². The van der Waals surface area contributed by atoms with Crippen LogP contribution in [0, 0.1) is 0 Å². The van der Waals surface area contributed by atoms with Crippen molar-refractivity contribution in [3.05, 3.63) is 23.8 Å². The molecule has 1 aromatic rings. The number of nitrogens with zero attached hydrogens (tertiary/aromatic N) is 1. The van der Waals surface area contributed by atoms with E-state index in [1.54, 1.807) is 0 Å². The molecule has 2 aliphatic rings. The standard InChI is InChI=1S/C25H38N2O4/c28-18-17-27(20-10-6-4-2-1-3-5-7-11-20)25(30)14-9-19-31-23-13-8-12-22-21(23)15-16-24(29)26-22/h8,12-13,20,28H,1-7,9-11,14-19H2,(H,26,29). The molecule has 3 rings (SSSR count). The second-order valence-electron chi connectivity index (χ2n) is 8.80. The highest BCUT2D eigenvalue weighted by atomic mass is 16.5. The van der Waals surface area contributed by atoms with Crippen LogP contribution in [0.5, 0.6) is 5.75 Å². The number of carbonyl (C=O) groups is 2. The van der Waals surface area contributed by atoms with Crippen molar-refractivity contribution < 1.29 is 19.4 Å². The van der Waals surface area contributed by atoms with Gasteiger partial charge in [0.2, 0.25) is 11.8 Å². The molecule has 2 N–H and O–H groups in total. The number of aliphatic hydroxyl groups is 1. The van der Waals surface area contributed by atoms with Gasteiger partial charge in [0.1, 0.15) is 5.75 Å². The molecule has 0 atom stereocenters. The van der Waals surface area contributed by atoms with Crippen molar-refractivity contribution >= 4 is 17.5 Å². The van der Waals surface area contributed by atoms with E-state index in [9.17, 15) is 14.7 Å². The van der Waals surface area contributed by atoms with Crippen LogP contribution < -0.4 is 10.1 Å². The van der Waals surface area contributed by atoms with E-state index in [4.69, 9.17) is 4.74 Å². The first-order chi connectivity index (χ1) is 15.2. The molecule has 1 heterocycles. The van der Waals surface area contributed by atoms with Gasteiger partial charge in [-0.25, -0.2) is 0 Å². The van der Waals surface area contributed by atoms with Gasteiger partial charge in [0.15, 0.2) is 0 Å². The van der Waals surface area contributed by atoms with Crippen LogP contribution >= 0.6 is 0 Å². The molecule has 2 amide bonds. The minimum absolute atomic E-state index is 0.0145. The van der Waals surface area contributed by atoms with Crippen molar-refractivity contribution in [3.8, 4) is 5.75 Å². The summed E-state index contributed by atoms with van der Waals surface area (Å²) >= 11 is 0. The lowest BCUT2D eigenvalue weighted by Crippen LogP contribution is -2.42. The topological polar surface area (TPSA) is 78.9 Å². The Morgan fingerprint density at radius 2 is 1.77 bits per heavy atom. The van der Waals surface area contributed by atoms with Crippen LogP contribution in [-0.4, -0.2) is 47.6 Å². The summed E-state index contributed by atoms with van der Waals surface area (Å²) in [6.45, 7) is 0.907. The van der Waals surface area contributed by atoms with Crippen molar-refractivity contribution in [1.82, 2.24) is 4.90 Å². The zero-order chi connectivity index (χ0) is 21.9. The number of rotatable bonds is 8. The highest BCUT2D eigenvalue weighted by molar-refractivity contribution is 5.94. The normalized spacial score (nSPS) is 18.0. The highest BCUT2D eigenvalue weighted by Crippen LogP contribution is 2.31. The smallest absolute Gasteiger partial charge is 0.224 e. The van der Waals surface area contributed by atoms with Gasteiger partial charge in [-0.1, -0.05) is 51.0 Å². The first-order valence-corrected chi connectivity index (χ1v) is 12.1. The third-order valence-electron chi connectivity index (χ3n) is 6.48. The van der Waals surface area contributed by atoms with E-state index < -0.39 is 0 Å². The molecular weight excluding hydrogens is 392 g/mol. The molecule has 1 fully saturated rings. The Balaban J connectivity index is 1.49. The first kappa shape index (κ1) is 23.6. The van der Waals surface area contributed by atoms with Crippen LogP contribution in [0.3, 0.4) is 0 Å². The molecule has 31 heavy (non-hydrogen) atoms. The fourth-order valence-electron chi connectivity index (χ4n) is 4.79. The molecule has 0 unspecified atom stereocenters. The molecule has 1 aromatic carbocycles. The SMILES string of the molecule is O=C1CCc2c(cccc2OCCCC(=O)N(CCO)C2CCCCCCCCC2)N1. The maximum Gasteiger partial charge on any atom is 0.224 e. The molecule has 1 aliphatic heterocycles. The summed E-state index contributed by atoms with van der Waals surface area (Å²) in [5, 5.41) is 12.4. The van der Waals surface area contributed by atoms with E-state index in [-0.39, 0.29) is 24.5 Å². The number of amides is 2. The first-order valence-electron chi connectivity index (χ1n) is 12.1. The van der Waals surface area contributed by atoms with E-state index in [2.05, 4.69) is 5.32 Å². The Hall–Kier alpha value is -2.08. The lowest BCUT2D eigenvalue weighted by Gasteiger charge is -2.32. The van der Waals surface area contributed by atoms with Crippen LogP contribution in [0.25, 0.3) is 0 Å². The number of fused-ring (bicyclic) bond motifs is 1. The molecule has 0 saturated heterocycles. The molecule has 0 aromatic heterocycles. The maximum atomic E-state index is 13.0. The maximum absolute atomic E-state index is 13.0. The van der Waals surface area contributed by atoms with Gasteiger partial charge in [-0.15, -0.1) is 0 Å². The van der Waals surface area contributed by atoms with Gasteiger partial charge in [0, 0.05) is 36.7 Å². The predicted octanol–water partition coefficient (Wildman–Crippen LogP) is 4.44. The van der Waals surface area contributed by atoms with Gasteiger partial charge in [-0.3, -0.25) is 9.59 Å². The lowest BCUT2D eigenvalue weighted by atomic mass is 9.96. The van der Waals surface area contributed by atoms with Crippen LogP contribution in [-0.2, 0) is 16.0 Å². The summed E-state index contributed by atoms with van der Waals surface area (Å²) in [5.74, 6) is 0.964. The van der Waals surface area contributed by atoms with Crippen LogP contribution in [0.2, 0.25) is 0 Å². The van der Waals surface area contributed by atoms with Crippen molar-refractivity contribution in [1.29, 1.82) is 0 Å². The molecule has 0 spiro atoms. The molecule has 1 aliphatic carbocycles. The summed E-state index contributed by atoms with van der Waals surface area (Å²) < 4.78 is 5.97. The summed E-state index contributed by atoms with van der Waals surface area (Å²) in [6.07, 6.45) is 13.1. The number of benzene rings is 1. The summed E-state index contributed by atoms with van der Waals surface area (Å²) in [6, 6.07) is 5.96. The zero-order valence-electron chi connectivity index (χ0n) is 18.7. The fourth-order valence-corrected chi connectivity index (χ4v) is 4.79. The molecule has 6 heteroatoms. The average Bonchev–Trinajstić information content (AvgIpc) is 2.78. The van der Waals surface area contributed by atoms with Crippen molar-refractivity contribution in [2.75, 3.05) is 25.1 Å². The Morgan fingerprint density at radius 1 is 1.06 bits per heavy atom. The van der Waals surface area contributed by atoms with Crippen LogP contribution in [0.15, 0.2) is 18.2 Å². The minimum Gasteiger partial charge on any atom is -0.493 e. The minimum atomic E-state index is 0.0145. The number of aliphatic hydroxyl groups excluding tert-OH is 1. The summed E-state index contributed by atoms with van der Waals surface area (Å²) in [4.78, 5) is 26.5.